The highest BCUT2D eigenvalue weighted by molar-refractivity contribution is 7.91. The van der Waals surface area contributed by atoms with Crippen LogP contribution in [0, 0.1) is 6.92 Å². The van der Waals surface area contributed by atoms with E-state index >= 15 is 0 Å². The molecule has 1 aliphatic rings. The highest BCUT2D eigenvalue weighted by Gasteiger charge is 2.31. The molecular weight excluding hydrogens is 314 g/mol. The second-order valence-corrected chi connectivity index (χ2v) is 8.67. The Hall–Kier alpha value is -1.41. The summed E-state index contributed by atoms with van der Waals surface area (Å²) in [4.78, 5) is 13.0. The minimum absolute atomic E-state index is 0.0385. The van der Waals surface area contributed by atoms with E-state index in [1.807, 2.05) is 24.9 Å². The molecule has 0 spiro atoms. The van der Waals surface area contributed by atoms with Crippen molar-refractivity contribution in [3.05, 3.63) is 11.8 Å². The molecule has 0 aliphatic carbocycles. The van der Waals surface area contributed by atoms with E-state index in [0.29, 0.717) is 12.4 Å². The quantitative estimate of drug-likeness (QED) is 0.734. The van der Waals surface area contributed by atoms with Gasteiger partial charge in [-0.05, 0) is 40.4 Å². The van der Waals surface area contributed by atoms with Crippen LogP contribution in [-0.4, -0.2) is 75.1 Å². The Kier molecular flexibility index (Phi) is 5.80. The van der Waals surface area contributed by atoms with Gasteiger partial charge in [0, 0.05) is 31.4 Å². The molecule has 2 rings (SSSR count). The Labute approximate surface area is 139 Å². The van der Waals surface area contributed by atoms with Crippen LogP contribution in [0.3, 0.4) is 0 Å². The molecule has 8 heteroatoms. The molecule has 1 aromatic rings. The van der Waals surface area contributed by atoms with Crippen LogP contribution >= 0.6 is 0 Å². The number of aryl methyl sites for hydroxylation is 1. The fourth-order valence-corrected chi connectivity index (χ4v) is 4.43. The van der Waals surface area contributed by atoms with E-state index < -0.39 is 9.84 Å². The van der Waals surface area contributed by atoms with Gasteiger partial charge in [0.25, 0.3) is 0 Å². The molecule has 1 saturated heterocycles. The Morgan fingerprint density at radius 2 is 2.04 bits per heavy atom. The third-order valence-corrected chi connectivity index (χ3v) is 5.75. The third-order valence-electron chi connectivity index (χ3n) is 4.00. The molecule has 1 fully saturated rings. The van der Waals surface area contributed by atoms with Crippen molar-refractivity contribution in [3.8, 4) is 0 Å². The SMILES string of the molecule is Cc1cc(NCCCN(C)C)nc(N(C)C2CCS(=O)(=O)C2)n1. The highest BCUT2D eigenvalue weighted by atomic mass is 32.2. The average Bonchev–Trinajstić information content (AvgIpc) is 2.82. The number of aromatic nitrogens is 2. The average molecular weight is 341 g/mol. The van der Waals surface area contributed by atoms with Crippen LogP contribution in [-0.2, 0) is 9.84 Å². The summed E-state index contributed by atoms with van der Waals surface area (Å²) in [7, 11) is 3.07. The van der Waals surface area contributed by atoms with Crippen LogP contribution in [0.1, 0.15) is 18.5 Å². The lowest BCUT2D eigenvalue weighted by molar-refractivity contribution is 0.405. The van der Waals surface area contributed by atoms with Crippen molar-refractivity contribution in [1.29, 1.82) is 0 Å². The molecule has 0 aromatic carbocycles. The van der Waals surface area contributed by atoms with E-state index in [1.54, 1.807) is 0 Å². The van der Waals surface area contributed by atoms with Crippen LogP contribution < -0.4 is 10.2 Å². The van der Waals surface area contributed by atoms with Gasteiger partial charge >= 0.3 is 0 Å². The van der Waals surface area contributed by atoms with Gasteiger partial charge in [0.15, 0.2) is 9.84 Å². The van der Waals surface area contributed by atoms with Gasteiger partial charge in [-0.25, -0.2) is 13.4 Å². The summed E-state index contributed by atoms with van der Waals surface area (Å²) < 4.78 is 23.3. The lowest BCUT2D eigenvalue weighted by Gasteiger charge is -2.24. The molecule has 1 N–H and O–H groups in total. The van der Waals surface area contributed by atoms with Crippen molar-refractivity contribution in [1.82, 2.24) is 14.9 Å². The number of rotatable bonds is 7. The van der Waals surface area contributed by atoms with Gasteiger partial charge < -0.3 is 15.1 Å². The third kappa shape index (κ3) is 5.31. The van der Waals surface area contributed by atoms with Gasteiger partial charge in [-0.2, -0.15) is 4.98 Å². The van der Waals surface area contributed by atoms with Crippen LogP contribution in [0.25, 0.3) is 0 Å². The molecule has 7 nitrogen and oxygen atoms in total. The molecule has 0 radical (unpaired) electrons. The molecule has 1 atom stereocenters. The zero-order valence-electron chi connectivity index (χ0n) is 14.4. The molecule has 2 heterocycles. The van der Waals surface area contributed by atoms with Gasteiger partial charge in [-0.15, -0.1) is 0 Å². The summed E-state index contributed by atoms with van der Waals surface area (Å²) in [5.41, 5.74) is 0.873. The first-order valence-corrected chi connectivity index (χ1v) is 9.76. The molecule has 0 saturated carbocycles. The van der Waals surface area contributed by atoms with Gasteiger partial charge in [-0.3, -0.25) is 0 Å². The van der Waals surface area contributed by atoms with E-state index in [9.17, 15) is 8.42 Å². The second kappa shape index (κ2) is 7.44. The molecule has 23 heavy (non-hydrogen) atoms. The predicted molar refractivity (Wildman–Crippen MR) is 93.9 cm³/mol. The second-order valence-electron chi connectivity index (χ2n) is 6.45. The molecule has 1 aromatic heterocycles. The van der Waals surface area contributed by atoms with E-state index in [2.05, 4.69) is 34.3 Å². The van der Waals surface area contributed by atoms with Crippen molar-refractivity contribution in [2.75, 3.05) is 56.0 Å². The number of hydrogen-bond donors (Lipinski definition) is 1. The van der Waals surface area contributed by atoms with Crippen molar-refractivity contribution < 1.29 is 8.42 Å². The topological polar surface area (TPSA) is 78.4 Å². The maximum Gasteiger partial charge on any atom is 0.227 e. The summed E-state index contributed by atoms with van der Waals surface area (Å²) in [6, 6.07) is 1.88. The van der Waals surface area contributed by atoms with Crippen LogP contribution in [0.4, 0.5) is 11.8 Å². The van der Waals surface area contributed by atoms with Gasteiger partial charge in [0.05, 0.1) is 11.5 Å². The summed E-state index contributed by atoms with van der Waals surface area (Å²) in [6.07, 6.45) is 1.67. The van der Waals surface area contributed by atoms with Crippen molar-refractivity contribution >= 4 is 21.6 Å². The minimum Gasteiger partial charge on any atom is -0.370 e. The number of nitrogens with one attached hydrogen (secondary N) is 1. The van der Waals surface area contributed by atoms with Crippen molar-refractivity contribution in [3.63, 3.8) is 0 Å². The summed E-state index contributed by atoms with van der Waals surface area (Å²) in [5, 5.41) is 3.32. The van der Waals surface area contributed by atoms with Crippen LogP contribution in [0.2, 0.25) is 0 Å². The zero-order valence-corrected chi connectivity index (χ0v) is 15.2. The zero-order chi connectivity index (χ0) is 17.0. The van der Waals surface area contributed by atoms with Crippen LogP contribution in [0.15, 0.2) is 6.07 Å². The first kappa shape index (κ1) is 17.9. The Balaban J connectivity index is 2.02. The van der Waals surface area contributed by atoms with E-state index in [4.69, 9.17) is 0 Å². The fourth-order valence-electron chi connectivity index (χ4n) is 2.66. The monoisotopic (exact) mass is 341 g/mol. The maximum absolute atomic E-state index is 11.7. The Bertz CT molecular complexity index is 633. The number of anilines is 2. The van der Waals surface area contributed by atoms with E-state index in [-0.39, 0.29) is 17.5 Å². The number of nitrogens with zero attached hydrogens (tertiary/aromatic N) is 4. The molecule has 0 bridgehead atoms. The first-order valence-electron chi connectivity index (χ1n) is 7.94. The lowest BCUT2D eigenvalue weighted by Crippen LogP contribution is -2.34. The smallest absolute Gasteiger partial charge is 0.227 e. The number of sulfone groups is 1. The predicted octanol–water partition coefficient (Wildman–Crippen LogP) is 0.772. The number of hydrogen-bond acceptors (Lipinski definition) is 7. The largest absolute Gasteiger partial charge is 0.370 e. The fraction of sp³-hybridized carbons (Fsp3) is 0.733. The molecule has 130 valence electrons. The lowest BCUT2D eigenvalue weighted by atomic mass is 10.2. The van der Waals surface area contributed by atoms with Crippen LogP contribution in [0.5, 0.6) is 0 Å². The normalized spacial score (nSPS) is 20.0. The summed E-state index contributed by atoms with van der Waals surface area (Å²) in [5.74, 6) is 1.82. The Morgan fingerprint density at radius 3 is 2.65 bits per heavy atom. The van der Waals surface area contributed by atoms with Gasteiger partial charge in [-0.1, -0.05) is 0 Å². The summed E-state index contributed by atoms with van der Waals surface area (Å²) >= 11 is 0. The summed E-state index contributed by atoms with van der Waals surface area (Å²) in [6.45, 7) is 3.79. The standard InChI is InChI=1S/C15H27N5O2S/c1-12-10-14(16-7-5-8-19(2)3)18-15(17-12)20(4)13-6-9-23(21,22)11-13/h10,13H,5-9,11H2,1-4H3,(H,16,17,18). The first-order chi connectivity index (χ1) is 10.8. The molecular formula is C15H27N5O2S. The molecule has 1 aliphatic heterocycles. The van der Waals surface area contributed by atoms with Crippen molar-refractivity contribution in [2.45, 2.75) is 25.8 Å². The Morgan fingerprint density at radius 1 is 1.30 bits per heavy atom. The molecule has 1 unspecified atom stereocenters. The molecule has 0 amide bonds. The van der Waals surface area contributed by atoms with Gasteiger partial charge in [0.1, 0.15) is 5.82 Å². The maximum atomic E-state index is 11.7. The highest BCUT2D eigenvalue weighted by Crippen LogP contribution is 2.21. The van der Waals surface area contributed by atoms with Gasteiger partial charge in [0.2, 0.25) is 5.95 Å². The van der Waals surface area contributed by atoms with Crippen molar-refractivity contribution in [2.24, 2.45) is 0 Å². The van der Waals surface area contributed by atoms with E-state index in [0.717, 1.165) is 31.0 Å². The van der Waals surface area contributed by atoms with E-state index in [1.165, 1.54) is 0 Å². The minimum atomic E-state index is -2.91.